The molecule has 1 aliphatic rings. The molecule has 4 N–H and O–H groups in total. The van der Waals surface area contributed by atoms with Crippen LogP contribution in [0.25, 0.3) is 0 Å². The van der Waals surface area contributed by atoms with Crippen LogP contribution >= 0.6 is 0 Å². The van der Waals surface area contributed by atoms with E-state index < -0.39 is 10.0 Å². The zero-order valence-electron chi connectivity index (χ0n) is 9.42. The summed E-state index contributed by atoms with van der Waals surface area (Å²) in [6, 6.07) is -0.0488. The monoisotopic (exact) mass is 257 g/mol. The van der Waals surface area contributed by atoms with Crippen molar-refractivity contribution in [1.82, 2.24) is 14.7 Å². The van der Waals surface area contributed by atoms with Crippen LogP contribution < -0.4 is 16.0 Å². The molecule has 0 radical (unpaired) electrons. The number of rotatable bonds is 5. The Morgan fingerprint density at radius 1 is 1.41 bits per heavy atom. The Kier molecular flexibility index (Phi) is 3.27. The number of nitrogens with zero attached hydrogens (tertiary/aromatic N) is 2. The quantitative estimate of drug-likeness (QED) is 0.499. The number of hydrogen-bond donors (Lipinski definition) is 3. The van der Waals surface area contributed by atoms with E-state index in [0.29, 0.717) is 5.92 Å². The fraction of sp³-hybridized carbons (Fsp3) is 0.556. The van der Waals surface area contributed by atoms with Crippen molar-refractivity contribution in [3.63, 3.8) is 0 Å². The van der Waals surface area contributed by atoms with Crippen LogP contribution in [-0.4, -0.2) is 24.4 Å². The first-order chi connectivity index (χ1) is 8.03. The van der Waals surface area contributed by atoms with Gasteiger partial charge in [0.25, 0.3) is 0 Å². The van der Waals surface area contributed by atoms with Crippen LogP contribution in [0.1, 0.15) is 19.8 Å². The third-order valence-corrected chi connectivity index (χ3v) is 4.25. The number of hydrazine groups is 1. The summed E-state index contributed by atoms with van der Waals surface area (Å²) in [7, 11) is -3.53. The summed E-state index contributed by atoms with van der Waals surface area (Å²) in [6.45, 7) is 1.87. The smallest absolute Gasteiger partial charge is 0.243 e. The zero-order valence-corrected chi connectivity index (χ0v) is 10.2. The molecule has 1 fully saturated rings. The van der Waals surface area contributed by atoms with Crippen molar-refractivity contribution < 1.29 is 8.42 Å². The molecule has 1 unspecified atom stereocenters. The van der Waals surface area contributed by atoms with E-state index in [2.05, 4.69) is 20.1 Å². The van der Waals surface area contributed by atoms with Gasteiger partial charge >= 0.3 is 0 Å². The molecule has 17 heavy (non-hydrogen) atoms. The lowest BCUT2D eigenvalue weighted by atomic mass is 10.2. The molecule has 7 nitrogen and oxygen atoms in total. The predicted molar refractivity (Wildman–Crippen MR) is 62.3 cm³/mol. The van der Waals surface area contributed by atoms with Crippen LogP contribution in [0.4, 0.5) is 5.95 Å². The number of aromatic nitrogens is 2. The predicted octanol–water partition coefficient (Wildman–Crippen LogP) is -0.161. The van der Waals surface area contributed by atoms with Gasteiger partial charge in [0.1, 0.15) is 4.90 Å². The number of nitrogen functional groups attached to an aromatic ring is 1. The van der Waals surface area contributed by atoms with E-state index in [0.717, 1.165) is 12.8 Å². The van der Waals surface area contributed by atoms with Gasteiger partial charge in [-0.15, -0.1) is 0 Å². The molecule has 0 saturated heterocycles. The Labute approximate surface area is 99.9 Å². The molecule has 0 aliphatic heterocycles. The Hall–Kier alpha value is -1.25. The van der Waals surface area contributed by atoms with Gasteiger partial charge in [-0.25, -0.2) is 29.0 Å². The lowest BCUT2D eigenvalue weighted by Crippen LogP contribution is -2.34. The highest BCUT2D eigenvalue weighted by atomic mass is 32.2. The topological polar surface area (TPSA) is 110 Å². The SMILES string of the molecule is CC(NS(=O)(=O)c1cnc(NN)nc1)C1CC1. The minimum absolute atomic E-state index is 0.0454. The molecule has 0 amide bonds. The molecule has 8 heteroatoms. The van der Waals surface area contributed by atoms with E-state index in [1.54, 1.807) is 0 Å². The van der Waals surface area contributed by atoms with E-state index in [4.69, 9.17) is 5.84 Å². The molecule has 1 aromatic rings. The number of anilines is 1. The summed E-state index contributed by atoms with van der Waals surface area (Å²) in [6.07, 6.45) is 4.61. The van der Waals surface area contributed by atoms with E-state index in [-0.39, 0.29) is 16.9 Å². The highest BCUT2D eigenvalue weighted by molar-refractivity contribution is 7.89. The van der Waals surface area contributed by atoms with Crippen LogP contribution in [0, 0.1) is 5.92 Å². The van der Waals surface area contributed by atoms with Crippen molar-refractivity contribution in [2.45, 2.75) is 30.7 Å². The van der Waals surface area contributed by atoms with Crippen LogP contribution in [0.3, 0.4) is 0 Å². The highest BCUT2D eigenvalue weighted by Crippen LogP contribution is 2.32. The molecule has 94 valence electrons. The van der Waals surface area contributed by atoms with Gasteiger partial charge in [-0.05, 0) is 25.7 Å². The number of nitrogens with one attached hydrogen (secondary N) is 2. The van der Waals surface area contributed by atoms with Crippen molar-refractivity contribution in [1.29, 1.82) is 0 Å². The van der Waals surface area contributed by atoms with Gasteiger partial charge in [-0.3, -0.25) is 5.43 Å². The summed E-state index contributed by atoms with van der Waals surface area (Å²) < 4.78 is 26.5. The fourth-order valence-electron chi connectivity index (χ4n) is 1.53. The molecule has 0 aromatic carbocycles. The molecular formula is C9H15N5O2S. The second-order valence-corrected chi connectivity index (χ2v) is 5.85. The Bertz CT molecular complexity index is 483. The molecule has 1 aromatic heterocycles. The first-order valence-corrected chi connectivity index (χ1v) is 6.82. The molecular weight excluding hydrogens is 242 g/mol. The second kappa shape index (κ2) is 4.55. The van der Waals surface area contributed by atoms with Crippen LogP contribution in [0.2, 0.25) is 0 Å². The van der Waals surface area contributed by atoms with Gasteiger partial charge in [0.15, 0.2) is 0 Å². The lowest BCUT2D eigenvalue weighted by Gasteiger charge is -2.12. The average Bonchev–Trinajstić information content (AvgIpc) is 3.12. The molecule has 0 spiro atoms. The van der Waals surface area contributed by atoms with Gasteiger partial charge in [-0.2, -0.15) is 0 Å². The Morgan fingerprint density at radius 2 is 2.00 bits per heavy atom. The van der Waals surface area contributed by atoms with Crippen molar-refractivity contribution in [2.75, 3.05) is 5.43 Å². The molecule has 1 atom stereocenters. The summed E-state index contributed by atoms with van der Waals surface area (Å²) in [5, 5.41) is 0. The molecule has 0 bridgehead atoms. The minimum Gasteiger partial charge on any atom is -0.292 e. The molecule has 1 saturated carbocycles. The second-order valence-electron chi connectivity index (χ2n) is 4.13. The minimum atomic E-state index is -3.53. The van der Waals surface area contributed by atoms with Crippen LogP contribution in [0.5, 0.6) is 0 Å². The Morgan fingerprint density at radius 3 is 2.47 bits per heavy atom. The van der Waals surface area contributed by atoms with Crippen molar-refractivity contribution >= 4 is 16.0 Å². The van der Waals surface area contributed by atoms with Gasteiger partial charge in [0.2, 0.25) is 16.0 Å². The Balaban J connectivity index is 2.12. The molecule has 1 heterocycles. The largest absolute Gasteiger partial charge is 0.292 e. The zero-order chi connectivity index (χ0) is 12.5. The first kappa shape index (κ1) is 12.2. The third kappa shape index (κ3) is 2.90. The van der Waals surface area contributed by atoms with E-state index in [1.165, 1.54) is 12.4 Å². The standard InChI is InChI=1S/C9H15N5O2S/c1-6(7-2-3-7)14-17(15,16)8-4-11-9(13-10)12-5-8/h4-7,14H,2-3,10H2,1H3,(H,11,12,13). The van der Waals surface area contributed by atoms with Crippen molar-refractivity contribution in [3.8, 4) is 0 Å². The first-order valence-electron chi connectivity index (χ1n) is 5.34. The highest BCUT2D eigenvalue weighted by Gasteiger charge is 2.31. The number of sulfonamides is 1. The molecule has 1 aliphatic carbocycles. The number of nitrogens with two attached hydrogens (primary N) is 1. The van der Waals surface area contributed by atoms with E-state index >= 15 is 0 Å². The van der Waals surface area contributed by atoms with Gasteiger partial charge in [-0.1, -0.05) is 0 Å². The van der Waals surface area contributed by atoms with Gasteiger partial charge in [0, 0.05) is 6.04 Å². The summed E-state index contributed by atoms with van der Waals surface area (Å²) in [5.74, 6) is 5.73. The average molecular weight is 257 g/mol. The van der Waals surface area contributed by atoms with Gasteiger partial charge < -0.3 is 0 Å². The van der Waals surface area contributed by atoms with Crippen molar-refractivity contribution in [2.24, 2.45) is 11.8 Å². The number of hydrogen-bond acceptors (Lipinski definition) is 6. The van der Waals surface area contributed by atoms with Crippen LogP contribution in [0.15, 0.2) is 17.3 Å². The van der Waals surface area contributed by atoms with Crippen LogP contribution in [-0.2, 0) is 10.0 Å². The van der Waals surface area contributed by atoms with Gasteiger partial charge in [0.05, 0.1) is 12.4 Å². The molecule has 2 rings (SSSR count). The summed E-state index contributed by atoms with van der Waals surface area (Å²) >= 11 is 0. The summed E-state index contributed by atoms with van der Waals surface area (Å²) in [5.41, 5.74) is 2.24. The lowest BCUT2D eigenvalue weighted by molar-refractivity contribution is 0.537. The maximum absolute atomic E-state index is 11.9. The van der Waals surface area contributed by atoms with E-state index in [9.17, 15) is 8.42 Å². The third-order valence-electron chi connectivity index (χ3n) is 2.74. The maximum atomic E-state index is 11.9. The van der Waals surface area contributed by atoms with E-state index in [1.807, 2.05) is 6.92 Å². The maximum Gasteiger partial charge on any atom is 0.243 e. The normalized spacial score (nSPS) is 17.8. The summed E-state index contributed by atoms with van der Waals surface area (Å²) in [4.78, 5) is 7.58. The van der Waals surface area contributed by atoms with Crippen molar-refractivity contribution in [3.05, 3.63) is 12.4 Å². The fourth-order valence-corrected chi connectivity index (χ4v) is 2.74.